The van der Waals surface area contributed by atoms with Crippen molar-refractivity contribution < 1.29 is 8.81 Å². The van der Waals surface area contributed by atoms with Crippen molar-refractivity contribution in [3.63, 3.8) is 0 Å². The van der Waals surface area contributed by atoms with Crippen molar-refractivity contribution in [2.45, 2.75) is 17.9 Å². The number of thioether (sulfide) groups is 1. The Morgan fingerprint density at radius 2 is 2.35 bits per heavy atom. The van der Waals surface area contributed by atoms with E-state index in [9.17, 15) is 4.39 Å². The van der Waals surface area contributed by atoms with Gasteiger partial charge in [-0.25, -0.2) is 9.37 Å². The highest BCUT2D eigenvalue weighted by Gasteiger charge is 2.07. The zero-order chi connectivity index (χ0) is 12.3. The van der Waals surface area contributed by atoms with Gasteiger partial charge < -0.3 is 4.42 Å². The van der Waals surface area contributed by atoms with Gasteiger partial charge in [0.1, 0.15) is 12.1 Å². The van der Waals surface area contributed by atoms with E-state index in [4.69, 9.17) is 9.68 Å². The van der Waals surface area contributed by atoms with Crippen molar-refractivity contribution >= 4 is 11.8 Å². The summed E-state index contributed by atoms with van der Waals surface area (Å²) in [5, 5.41) is 9.14. The van der Waals surface area contributed by atoms with Crippen LogP contribution in [0.15, 0.2) is 34.1 Å². The molecular formula is C12H9FN2OS. The minimum atomic E-state index is -0.375. The van der Waals surface area contributed by atoms with Crippen LogP contribution in [0.2, 0.25) is 0 Å². The first-order valence-corrected chi connectivity index (χ1v) is 5.91. The summed E-state index contributed by atoms with van der Waals surface area (Å²) in [7, 11) is 0. The van der Waals surface area contributed by atoms with E-state index in [0.717, 1.165) is 5.69 Å². The molecule has 0 fully saturated rings. The summed E-state index contributed by atoms with van der Waals surface area (Å²) in [6, 6.07) is 6.33. The molecule has 0 N–H and O–H groups in total. The molecule has 86 valence electrons. The van der Waals surface area contributed by atoms with Crippen molar-refractivity contribution in [1.82, 2.24) is 4.98 Å². The molecule has 17 heavy (non-hydrogen) atoms. The van der Waals surface area contributed by atoms with Crippen LogP contribution in [0, 0.1) is 24.1 Å². The Labute approximate surface area is 102 Å². The molecule has 0 spiro atoms. The molecule has 0 radical (unpaired) electrons. The Hall–Kier alpha value is -1.80. The lowest BCUT2D eigenvalue weighted by Crippen LogP contribution is -1.89. The fourth-order valence-electron chi connectivity index (χ4n) is 1.27. The average Bonchev–Trinajstić information content (AvgIpc) is 2.73. The SMILES string of the molecule is Cc1coc(SCc2ccc(C#N)cc2F)n1. The van der Waals surface area contributed by atoms with Gasteiger partial charge in [0.2, 0.25) is 0 Å². The van der Waals surface area contributed by atoms with Crippen LogP contribution in [0.25, 0.3) is 0 Å². The van der Waals surface area contributed by atoms with Gasteiger partial charge in [0.05, 0.1) is 17.3 Å². The van der Waals surface area contributed by atoms with Crippen molar-refractivity contribution in [3.8, 4) is 6.07 Å². The molecule has 0 saturated heterocycles. The summed E-state index contributed by atoms with van der Waals surface area (Å²) >= 11 is 1.32. The average molecular weight is 248 g/mol. The summed E-state index contributed by atoms with van der Waals surface area (Å²) in [6.07, 6.45) is 1.55. The number of hydrogen-bond donors (Lipinski definition) is 0. The number of halogens is 1. The Balaban J connectivity index is 2.07. The zero-order valence-electron chi connectivity index (χ0n) is 9.11. The van der Waals surface area contributed by atoms with Crippen molar-refractivity contribution in [2.75, 3.05) is 0 Å². The van der Waals surface area contributed by atoms with E-state index in [2.05, 4.69) is 4.98 Å². The first kappa shape index (κ1) is 11.7. The predicted octanol–water partition coefficient (Wildman–Crippen LogP) is 3.29. The number of aryl methyl sites for hydroxylation is 1. The number of rotatable bonds is 3. The van der Waals surface area contributed by atoms with Crippen LogP contribution in [0.3, 0.4) is 0 Å². The minimum Gasteiger partial charge on any atom is -0.440 e. The largest absolute Gasteiger partial charge is 0.440 e. The van der Waals surface area contributed by atoms with Crippen LogP contribution in [0.1, 0.15) is 16.8 Å². The second kappa shape index (κ2) is 5.02. The van der Waals surface area contributed by atoms with Crippen molar-refractivity contribution in [1.29, 1.82) is 5.26 Å². The maximum Gasteiger partial charge on any atom is 0.256 e. The van der Waals surface area contributed by atoms with E-state index < -0.39 is 0 Å². The molecule has 0 bridgehead atoms. The third-order valence-corrected chi connectivity index (χ3v) is 3.02. The van der Waals surface area contributed by atoms with E-state index in [1.54, 1.807) is 18.4 Å². The zero-order valence-corrected chi connectivity index (χ0v) is 9.92. The Kier molecular flexibility index (Phi) is 3.45. The third kappa shape index (κ3) is 2.86. The number of aromatic nitrogens is 1. The molecule has 0 atom stereocenters. The van der Waals surface area contributed by atoms with Crippen LogP contribution < -0.4 is 0 Å². The van der Waals surface area contributed by atoms with Gasteiger partial charge in [-0.15, -0.1) is 0 Å². The molecule has 0 amide bonds. The van der Waals surface area contributed by atoms with Gasteiger partial charge >= 0.3 is 0 Å². The Bertz CT molecular complexity index is 574. The van der Waals surface area contributed by atoms with Crippen LogP contribution in [0.4, 0.5) is 4.39 Å². The molecule has 1 heterocycles. The lowest BCUT2D eigenvalue weighted by atomic mass is 10.1. The molecule has 0 unspecified atom stereocenters. The highest BCUT2D eigenvalue weighted by molar-refractivity contribution is 7.98. The molecule has 0 aliphatic heterocycles. The first-order valence-electron chi connectivity index (χ1n) is 4.92. The van der Waals surface area contributed by atoms with E-state index in [-0.39, 0.29) is 5.82 Å². The molecule has 0 aliphatic rings. The minimum absolute atomic E-state index is 0.322. The molecule has 1 aromatic carbocycles. The molecule has 5 heteroatoms. The lowest BCUT2D eigenvalue weighted by molar-refractivity contribution is 0.454. The number of nitrogens with zero attached hydrogens (tertiary/aromatic N) is 2. The fraction of sp³-hybridized carbons (Fsp3) is 0.167. The van der Waals surface area contributed by atoms with Gasteiger partial charge in [0, 0.05) is 5.75 Å². The van der Waals surface area contributed by atoms with Crippen molar-refractivity contribution in [3.05, 3.63) is 47.1 Å². The third-order valence-electron chi connectivity index (χ3n) is 2.13. The number of oxazole rings is 1. The Morgan fingerprint density at radius 1 is 1.53 bits per heavy atom. The summed E-state index contributed by atoms with van der Waals surface area (Å²) in [5.74, 6) is 0.0529. The lowest BCUT2D eigenvalue weighted by Gasteiger charge is -2.00. The van der Waals surface area contributed by atoms with E-state index >= 15 is 0 Å². The second-order valence-corrected chi connectivity index (χ2v) is 4.39. The van der Waals surface area contributed by atoms with Crippen molar-refractivity contribution in [2.24, 2.45) is 0 Å². The van der Waals surface area contributed by atoms with E-state index in [1.165, 1.54) is 17.8 Å². The number of hydrogen-bond acceptors (Lipinski definition) is 4. The van der Waals surface area contributed by atoms with E-state index in [0.29, 0.717) is 22.1 Å². The van der Waals surface area contributed by atoms with Crippen LogP contribution in [-0.2, 0) is 5.75 Å². The summed E-state index contributed by atoms with van der Waals surface area (Å²) < 4.78 is 18.7. The Morgan fingerprint density at radius 3 is 2.94 bits per heavy atom. The maximum atomic E-state index is 13.5. The highest BCUT2D eigenvalue weighted by atomic mass is 32.2. The second-order valence-electron chi connectivity index (χ2n) is 3.46. The molecule has 0 saturated carbocycles. The van der Waals surface area contributed by atoms with Crippen LogP contribution in [-0.4, -0.2) is 4.98 Å². The summed E-state index contributed by atoms with van der Waals surface area (Å²) in [5.41, 5.74) is 1.65. The standard InChI is InChI=1S/C12H9FN2OS/c1-8-6-16-12(15-8)17-7-10-3-2-9(5-14)4-11(10)13/h2-4,6H,7H2,1H3. The normalized spacial score (nSPS) is 10.2. The summed E-state index contributed by atoms with van der Waals surface area (Å²) in [4.78, 5) is 4.11. The predicted molar refractivity (Wildman–Crippen MR) is 61.9 cm³/mol. The van der Waals surface area contributed by atoms with Gasteiger partial charge in [-0.3, -0.25) is 0 Å². The molecule has 1 aromatic heterocycles. The molecule has 2 aromatic rings. The maximum absolute atomic E-state index is 13.5. The molecule has 0 aliphatic carbocycles. The topological polar surface area (TPSA) is 49.8 Å². The van der Waals surface area contributed by atoms with Gasteiger partial charge in [-0.1, -0.05) is 17.8 Å². The van der Waals surface area contributed by atoms with Gasteiger partial charge in [-0.2, -0.15) is 5.26 Å². The first-order chi connectivity index (χ1) is 8.19. The molecule has 3 nitrogen and oxygen atoms in total. The van der Waals surface area contributed by atoms with Gasteiger partial charge in [0.25, 0.3) is 5.22 Å². The smallest absolute Gasteiger partial charge is 0.256 e. The fourth-order valence-corrected chi connectivity index (χ4v) is 2.11. The van der Waals surface area contributed by atoms with Gasteiger partial charge in [-0.05, 0) is 24.6 Å². The number of benzene rings is 1. The number of nitriles is 1. The van der Waals surface area contributed by atoms with Crippen LogP contribution >= 0.6 is 11.8 Å². The quantitative estimate of drug-likeness (QED) is 0.782. The molecule has 2 rings (SSSR count). The highest BCUT2D eigenvalue weighted by Crippen LogP contribution is 2.23. The van der Waals surface area contributed by atoms with Gasteiger partial charge in [0.15, 0.2) is 0 Å². The van der Waals surface area contributed by atoms with Crippen LogP contribution in [0.5, 0.6) is 0 Å². The summed E-state index contributed by atoms with van der Waals surface area (Å²) in [6.45, 7) is 1.83. The molecular weight excluding hydrogens is 239 g/mol. The monoisotopic (exact) mass is 248 g/mol. The van der Waals surface area contributed by atoms with E-state index in [1.807, 2.05) is 13.0 Å².